The maximum absolute atomic E-state index is 12.3. The molecular weight excluding hydrogens is 304 g/mol. The van der Waals surface area contributed by atoms with Gasteiger partial charge in [-0.05, 0) is 44.4 Å². The van der Waals surface area contributed by atoms with E-state index in [2.05, 4.69) is 10.3 Å². The van der Waals surface area contributed by atoms with Crippen LogP contribution in [0.4, 0.5) is 0 Å². The zero-order chi connectivity index (χ0) is 16.9. The minimum atomic E-state index is -0.0839. The molecule has 0 unspecified atom stereocenters. The van der Waals surface area contributed by atoms with Gasteiger partial charge >= 0.3 is 0 Å². The average Bonchev–Trinajstić information content (AvgIpc) is 3.23. The van der Waals surface area contributed by atoms with Crippen LogP contribution in [0.1, 0.15) is 40.0 Å². The molecule has 3 rings (SSSR count). The van der Waals surface area contributed by atoms with Gasteiger partial charge in [0.2, 0.25) is 0 Å². The van der Waals surface area contributed by atoms with Gasteiger partial charge < -0.3 is 19.8 Å². The van der Waals surface area contributed by atoms with Gasteiger partial charge in [0, 0.05) is 30.6 Å². The summed E-state index contributed by atoms with van der Waals surface area (Å²) in [5, 5.41) is 2.96. The molecule has 0 radical (unpaired) electrons. The molecule has 1 aliphatic heterocycles. The van der Waals surface area contributed by atoms with Crippen molar-refractivity contribution in [1.29, 1.82) is 0 Å². The first-order valence-corrected chi connectivity index (χ1v) is 8.39. The predicted molar refractivity (Wildman–Crippen MR) is 92.3 cm³/mol. The third-order valence-electron chi connectivity index (χ3n) is 4.31. The Bertz CT molecular complexity index is 702. The van der Waals surface area contributed by atoms with Crippen LogP contribution in [0.5, 0.6) is 5.75 Å². The quantitative estimate of drug-likeness (QED) is 0.856. The molecule has 1 aromatic heterocycles. The van der Waals surface area contributed by atoms with E-state index in [0.29, 0.717) is 18.7 Å². The lowest BCUT2D eigenvalue weighted by Gasteiger charge is -2.16. The number of benzene rings is 1. The first-order valence-electron chi connectivity index (χ1n) is 8.39. The molecule has 5 heteroatoms. The molecule has 1 saturated heterocycles. The average molecular weight is 328 g/mol. The van der Waals surface area contributed by atoms with Crippen LogP contribution in [-0.4, -0.2) is 30.2 Å². The predicted octanol–water partition coefficient (Wildman–Crippen LogP) is 3.12. The maximum atomic E-state index is 12.3. The van der Waals surface area contributed by atoms with Crippen molar-refractivity contribution in [2.75, 3.05) is 13.2 Å². The van der Waals surface area contributed by atoms with Gasteiger partial charge in [-0.15, -0.1) is 0 Å². The summed E-state index contributed by atoms with van der Waals surface area (Å²) in [5.41, 5.74) is 3.64. The highest BCUT2D eigenvalue weighted by Crippen LogP contribution is 2.22. The van der Waals surface area contributed by atoms with Gasteiger partial charge in [-0.1, -0.05) is 12.1 Å². The molecule has 0 bridgehead atoms. The Morgan fingerprint density at radius 1 is 1.38 bits per heavy atom. The summed E-state index contributed by atoms with van der Waals surface area (Å²) in [7, 11) is 0. The fraction of sp³-hybridized carbons (Fsp3) is 0.421. The van der Waals surface area contributed by atoms with E-state index in [1.807, 2.05) is 32.0 Å². The standard InChI is InChI=1S/C19H24N2O3/c1-13-5-6-15(11-21-19(22)17-7-8-20-14(17)2)18(10-13)24-12-16-4-3-9-23-16/h5-8,10,16,20H,3-4,9,11-12H2,1-2H3,(H,21,22)/t16-/m1/s1. The van der Waals surface area contributed by atoms with Crippen LogP contribution in [0.3, 0.4) is 0 Å². The van der Waals surface area contributed by atoms with Crippen molar-refractivity contribution < 1.29 is 14.3 Å². The molecule has 0 aliphatic carbocycles. The molecule has 24 heavy (non-hydrogen) atoms. The molecule has 0 spiro atoms. The minimum absolute atomic E-state index is 0.0839. The number of aryl methyl sites for hydroxylation is 2. The molecule has 1 fully saturated rings. The Kier molecular flexibility index (Phi) is 5.20. The van der Waals surface area contributed by atoms with E-state index >= 15 is 0 Å². The third kappa shape index (κ3) is 3.97. The van der Waals surface area contributed by atoms with Gasteiger partial charge in [-0.3, -0.25) is 4.79 Å². The maximum Gasteiger partial charge on any atom is 0.253 e. The summed E-state index contributed by atoms with van der Waals surface area (Å²) in [5.74, 6) is 0.732. The molecule has 1 amide bonds. The molecule has 0 saturated carbocycles. The zero-order valence-electron chi connectivity index (χ0n) is 14.2. The number of hydrogen-bond donors (Lipinski definition) is 2. The van der Waals surface area contributed by atoms with Gasteiger partial charge in [-0.2, -0.15) is 0 Å². The zero-order valence-corrected chi connectivity index (χ0v) is 14.2. The van der Waals surface area contributed by atoms with Gasteiger partial charge in [0.1, 0.15) is 12.4 Å². The number of amides is 1. The Morgan fingerprint density at radius 2 is 2.25 bits per heavy atom. The van der Waals surface area contributed by atoms with E-state index in [1.165, 1.54) is 0 Å². The Balaban J connectivity index is 1.63. The van der Waals surface area contributed by atoms with Crippen LogP contribution in [0.25, 0.3) is 0 Å². The highest BCUT2D eigenvalue weighted by molar-refractivity contribution is 5.95. The number of carbonyl (C=O) groups excluding carboxylic acids is 1. The van der Waals surface area contributed by atoms with Gasteiger partial charge in [-0.25, -0.2) is 0 Å². The number of hydrogen-bond acceptors (Lipinski definition) is 3. The largest absolute Gasteiger partial charge is 0.491 e. The van der Waals surface area contributed by atoms with Crippen LogP contribution < -0.4 is 10.1 Å². The van der Waals surface area contributed by atoms with Gasteiger partial charge in [0.25, 0.3) is 5.91 Å². The van der Waals surface area contributed by atoms with Gasteiger partial charge in [0.05, 0.1) is 11.7 Å². The van der Waals surface area contributed by atoms with Crippen molar-refractivity contribution in [1.82, 2.24) is 10.3 Å². The Morgan fingerprint density at radius 3 is 2.96 bits per heavy atom. The molecule has 1 atom stereocenters. The summed E-state index contributed by atoms with van der Waals surface area (Å²) in [6, 6.07) is 7.83. The first-order chi connectivity index (χ1) is 11.6. The second-order valence-electron chi connectivity index (χ2n) is 6.26. The molecule has 1 aromatic carbocycles. The molecule has 5 nitrogen and oxygen atoms in total. The normalized spacial score (nSPS) is 17.0. The van der Waals surface area contributed by atoms with E-state index in [4.69, 9.17) is 9.47 Å². The highest BCUT2D eigenvalue weighted by atomic mass is 16.5. The molecule has 2 N–H and O–H groups in total. The molecule has 128 valence electrons. The fourth-order valence-corrected chi connectivity index (χ4v) is 2.87. The number of ether oxygens (including phenoxy) is 2. The lowest BCUT2D eigenvalue weighted by molar-refractivity contribution is 0.0675. The fourth-order valence-electron chi connectivity index (χ4n) is 2.87. The number of aromatic amines is 1. The molecule has 2 heterocycles. The Labute approximate surface area is 142 Å². The van der Waals surface area contributed by atoms with Gasteiger partial charge in [0.15, 0.2) is 0 Å². The number of H-pyrrole nitrogens is 1. The van der Waals surface area contributed by atoms with Crippen LogP contribution >= 0.6 is 0 Å². The second-order valence-corrected chi connectivity index (χ2v) is 6.26. The summed E-state index contributed by atoms with van der Waals surface area (Å²) < 4.78 is 11.6. The van der Waals surface area contributed by atoms with Crippen molar-refractivity contribution in [3.63, 3.8) is 0 Å². The smallest absolute Gasteiger partial charge is 0.253 e. The molecular formula is C19H24N2O3. The van der Waals surface area contributed by atoms with Crippen LogP contribution in [0, 0.1) is 13.8 Å². The summed E-state index contributed by atoms with van der Waals surface area (Å²) in [6.07, 6.45) is 4.09. The van der Waals surface area contributed by atoms with Crippen molar-refractivity contribution in [2.24, 2.45) is 0 Å². The Hall–Kier alpha value is -2.27. The molecule has 2 aromatic rings. The lowest BCUT2D eigenvalue weighted by Crippen LogP contribution is -2.24. The summed E-state index contributed by atoms with van der Waals surface area (Å²) >= 11 is 0. The van der Waals surface area contributed by atoms with Crippen molar-refractivity contribution in [2.45, 2.75) is 39.3 Å². The number of aromatic nitrogens is 1. The van der Waals surface area contributed by atoms with E-state index in [1.54, 1.807) is 12.3 Å². The van der Waals surface area contributed by atoms with E-state index < -0.39 is 0 Å². The summed E-state index contributed by atoms with van der Waals surface area (Å²) in [4.78, 5) is 15.3. The number of nitrogens with one attached hydrogen (secondary N) is 2. The van der Waals surface area contributed by atoms with E-state index in [9.17, 15) is 4.79 Å². The summed E-state index contributed by atoms with van der Waals surface area (Å²) in [6.45, 7) is 5.73. The van der Waals surface area contributed by atoms with Crippen LogP contribution in [0.2, 0.25) is 0 Å². The number of rotatable bonds is 6. The lowest BCUT2D eigenvalue weighted by atomic mass is 10.1. The number of carbonyl (C=O) groups is 1. The SMILES string of the molecule is Cc1ccc(CNC(=O)c2cc[nH]c2C)c(OC[C@H]2CCCO2)c1. The van der Waals surface area contributed by atoms with E-state index in [0.717, 1.165) is 42.0 Å². The second kappa shape index (κ2) is 7.53. The van der Waals surface area contributed by atoms with Crippen molar-refractivity contribution in [3.8, 4) is 5.75 Å². The highest BCUT2D eigenvalue weighted by Gasteiger charge is 2.17. The minimum Gasteiger partial charge on any atom is -0.491 e. The van der Waals surface area contributed by atoms with Crippen molar-refractivity contribution >= 4 is 5.91 Å². The van der Waals surface area contributed by atoms with Crippen molar-refractivity contribution in [3.05, 3.63) is 52.8 Å². The monoisotopic (exact) mass is 328 g/mol. The van der Waals surface area contributed by atoms with Crippen LogP contribution in [-0.2, 0) is 11.3 Å². The van der Waals surface area contributed by atoms with Crippen LogP contribution in [0.15, 0.2) is 30.5 Å². The topological polar surface area (TPSA) is 63.4 Å². The van der Waals surface area contributed by atoms with E-state index in [-0.39, 0.29) is 12.0 Å². The molecule has 1 aliphatic rings. The first kappa shape index (κ1) is 16.6. The third-order valence-corrected chi connectivity index (χ3v) is 4.31.